The smallest absolute Gasteiger partial charge is 0.314 e. The standard InChI is InChI=1S/C21H24N4O3/c1-4-28-21(26)19(24-25-22)9-7-5-6-8-16-11-12-17(20(14-16)27-3)18-13-10-15(2)23-18/h10-14,19,23H,4-5,7,9H2,1-3H3. The predicted molar refractivity (Wildman–Crippen MR) is 108 cm³/mol. The molecule has 0 aliphatic carbocycles. The molecule has 1 aromatic heterocycles. The Morgan fingerprint density at radius 1 is 1.36 bits per heavy atom. The Bertz CT molecular complexity index is 917. The zero-order chi connectivity index (χ0) is 20.4. The summed E-state index contributed by atoms with van der Waals surface area (Å²) >= 11 is 0. The van der Waals surface area contributed by atoms with Gasteiger partial charge in [-0.1, -0.05) is 17.0 Å². The molecule has 0 radical (unpaired) electrons. The number of nitrogens with zero attached hydrogens (tertiary/aromatic N) is 3. The Morgan fingerprint density at radius 3 is 2.82 bits per heavy atom. The number of ether oxygens (including phenoxy) is 2. The Hall–Kier alpha value is -3.36. The Labute approximate surface area is 164 Å². The van der Waals surface area contributed by atoms with E-state index in [-0.39, 0.29) is 6.61 Å². The van der Waals surface area contributed by atoms with E-state index in [0.717, 1.165) is 28.3 Å². The molecule has 0 aliphatic rings. The zero-order valence-corrected chi connectivity index (χ0v) is 16.4. The molecule has 0 saturated heterocycles. The summed E-state index contributed by atoms with van der Waals surface area (Å²) in [5.41, 5.74) is 12.5. The summed E-state index contributed by atoms with van der Waals surface area (Å²) in [6.07, 6.45) is 1.62. The van der Waals surface area contributed by atoms with E-state index in [9.17, 15) is 4.79 Å². The van der Waals surface area contributed by atoms with Crippen molar-refractivity contribution in [3.8, 4) is 28.8 Å². The molecule has 2 aromatic rings. The Kier molecular flexibility index (Phi) is 8.01. The first-order valence-electron chi connectivity index (χ1n) is 9.12. The largest absolute Gasteiger partial charge is 0.496 e. The van der Waals surface area contributed by atoms with Crippen molar-refractivity contribution in [2.45, 2.75) is 39.2 Å². The number of esters is 1. The lowest BCUT2D eigenvalue weighted by Crippen LogP contribution is -2.20. The molecule has 2 rings (SSSR count). The van der Waals surface area contributed by atoms with Crippen LogP contribution in [0.25, 0.3) is 21.7 Å². The van der Waals surface area contributed by atoms with Crippen molar-refractivity contribution in [1.29, 1.82) is 0 Å². The second-order valence-corrected chi connectivity index (χ2v) is 6.14. The summed E-state index contributed by atoms with van der Waals surface area (Å²) in [5.74, 6) is 6.45. The molecule has 0 saturated carbocycles. The maximum atomic E-state index is 11.7. The van der Waals surface area contributed by atoms with Gasteiger partial charge >= 0.3 is 5.97 Å². The number of carbonyl (C=O) groups excluding carboxylic acids is 1. The number of aromatic nitrogens is 1. The normalized spacial score (nSPS) is 11.0. The number of hydrogen-bond acceptors (Lipinski definition) is 4. The van der Waals surface area contributed by atoms with Gasteiger partial charge in [0.2, 0.25) is 0 Å². The number of benzene rings is 1. The number of aryl methyl sites for hydroxylation is 1. The van der Waals surface area contributed by atoms with Crippen LogP contribution in [0.4, 0.5) is 0 Å². The van der Waals surface area contributed by atoms with E-state index in [1.165, 1.54) is 0 Å². The molecule has 146 valence electrons. The number of azide groups is 1. The summed E-state index contributed by atoms with van der Waals surface area (Å²) < 4.78 is 10.4. The Morgan fingerprint density at radius 2 is 2.18 bits per heavy atom. The first kappa shape index (κ1) is 20.9. The number of rotatable bonds is 8. The molecule has 1 heterocycles. The molecule has 1 N–H and O–H groups in total. The molecular formula is C21H24N4O3. The van der Waals surface area contributed by atoms with Crippen LogP contribution in [0.3, 0.4) is 0 Å². The highest BCUT2D eigenvalue weighted by molar-refractivity contribution is 5.75. The maximum absolute atomic E-state index is 11.7. The number of H-pyrrole nitrogens is 1. The molecule has 0 amide bonds. The fourth-order valence-electron chi connectivity index (χ4n) is 2.72. The van der Waals surface area contributed by atoms with E-state index in [2.05, 4.69) is 26.9 Å². The van der Waals surface area contributed by atoms with Crippen molar-refractivity contribution < 1.29 is 14.3 Å². The number of carbonyl (C=O) groups is 1. The van der Waals surface area contributed by atoms with Crippen LogP contribution in [0.2, 0.25) is 0 Å². The quantitative estimate of drug-likeness (QED) is 0.178. The third kappa shape index (κ3) is 5.83. The number of unbranched alkanes of at least 4 members (excludes halogenated alkanes) is 1. The molecule has 0 spiro atoms. The van der Waals surface area contributed by atoms with Crippen LogP contribution in [-0.2, 0) is 9.53 Å². The third-order valence-corrected chi connectivity index (χ3v) is 4.09. The van der Waals surface area contributed by atoms with Gasteiger partial charge in [-0.3, -0.25) is 4.79 Å². The summed E-state index contributed by atoms with van der Waals surface area (Å²) in [6, 6.07) is 9.06. The number of hydrogen-bond donors (Lipinski definition) is 1. The molecule has 0 aliphatic heterocycles. The number of nitrogens with one attached hydrogen (secondary N) is 1. The average Bonchev–Trinajstić information content (AvgIpc) is 3.13. The summed E-state index contributed by atoms with van der Waals surface area (Å²) in [7, 11) is 1.64. The molecular weight excluding hydrogens is 356 g/mol. The molecule has 0 fully saturated rings. The minimum atomic E-state index is -0.796. The number of aromatic amines is 1. The predicted octanol–water partition coefficient (Wildman–Crippen LogP) is 4.76. The lowest BCUT2D eigenvalue weighted by Gasteiger charge is -2.08. The third-order valence-electron chi connectivity index (χ3n) is 4.09. The van der Waals surface area contributed by atoms with Gasteiger partial charge in [-0.25, -0.2) is 0 Å². The van der Waals surface area contributed by atoms with Gasteiger partial charge in [0, 0.05) is 33.8 Å². The van der Waals surface area contributed by atoms with E-state index in [4.69, 9.17) is 15.0 Å². The fourth-order valence-corrected chi connectivity index (χ4v) is 2.72. The van der Waals surface area contributed by atoms with E-state index < -0.39 is 12.0 Å². The molecule has 1 aromatic carbocycles. The van der Waals surface area contributed by atoms with Gasteiger partial charge in [0.25, 0.3) is 0 Å². The van der Waals surface area contributed by atoms with Crippen molar-refractivity contribution in [3.63, 3.8) is 0 Å². The van der Waals surface area contributed by atoms with Gasteiger partial charge in [0.05, 0.1) is 13.7 Å². The summed E-state index contributed by atoms with van der Waals surface area (Å²) in [6.45, 7) is 3.98. The second kappa shape index (κ2) is 10.7. The second-order valence-electron chi connectivity index (χ2n) is 6.14. The van der Waals surface area contributed by atoms with Crippen LogP contribution in [0.1, 0.15) is 37.4 Å². The van der Waals surface area contributed by atoms with Crippen LogP contribution in [-0.4, -0.2) is 30.7 Å². The van der Waals surface area contributed by atoms with Crippen LogP contribution in [0.5, 0.6) is 5.75 Å². The molecule has 1 unspecified atom stereocenters. The fraction of sp³-hybridized carbons (Fsp3) is 0.381. The van der Waals surface area contributed by atoms with Crippen molar-refractivity contribution >= 4 is 5.97 Å². The average molecular weight is 380 g/mol. The summed E-state index contributed by atoms with van der Waals surface area (Å²) in [4.78, 5) is 17.7. The highest BCUT2D eigenvalue weighted by Crippen LogP contribution is 2.30. The highest BCUT2D eigenvalue weighted by Gasteiger charge is 2.17. The topological polar surface area (TPSA) is 100 Å². The lowest BCUT2D eigenvalue weighted by molar-refractivity contribution is -0.144. The highest BCUT2D eigenvalue weighted by atomic mass is 16.5. The van der Waals surface area contributed by atoms with Crippen LogP contribution < -0.4 is 4.74 Å². The van der Waals surface area contributed by atoms with Gasteiger partial charge in [0.1, 0.15) is 11.8 Å². The van der Waals surface area contributed by atoms with Crippen molar-refractivity contribution in [2.24, 2.45) is 5.11 Å². The minimum absolute atomic E-state index is 0.260. The van der Waals surface area contributed by atoms with Crippen molar-refractivity contribution in [3.05, 3.63) is 52.0 Å². The Balaban J connectivity index is 1.98. The summed E-state index contributed by atoms with van der Waals surface area (Å²) in [5, 5.41) is 3.50. The molecule has 1 atom stereocenters. The van der Waals surface area contributed by atoms with Crippen LogP contribution in [0, 0.1) is 18.8 Å². The molecule has 7 heteroatoms. The maximum Gasteiger partial charge on any atom is 0.314 e. The number of methoxy groups -OCH3 is 1. The monoisotopic (exact) mass is 380 g/mol. The van der Waals surface area contributed by atoms with E-state index >= 15 is 0 Å². The first-order valence-corrected chi connectivity index (χ1v) is 9.12. The van der Waals surface area contributed by atoms with Gasteiger partial charge in [-0.2, -0.15) is 0 Å². The van der Waals surface area contributed by atoms with E-state index in [1.807, 2.05) is 37.3 Å². The minimum Gasteiger partial charge on any atom is -0.496 e. The van der Waals surface area contributed by atoms with Gasteiger partial charge < -0.3 is 14.5 Å². The molecule has 0 bridgehead atoms. The van der Waals surface area contributed by atoms with Crippen LogP contribution >= 0.6 is 0 Å². The van der Waals surface area contributed by atoms with E-state index in [1.54, 1.807) is 14.0 Å². The van der Waals surface area contributed by atoms with Crippen molar-refractivity contribution in [2.75, 3.05) is 13.7 Å². The van der Waals surface area contributed by atoms with Crippen LogP contribution in [0.15, 0.2) is 35.4 Å². The van der Waals surface area contributed by atoms with Crippen molar-refractivity contribution in [1.82, 2.24) is 4.98 Å². The SMILES string of the molecule is CCOC(=O)C(CCCC#Cc1ccc(-c2ccc(C)[nH]2)c(OC)c1)N=[N+]=[N-]. The van der Waals surface area contributed by atoms with Gasteiger partial charge in [-0.15, -0.1) is 0 Å². The zero-order valence-electron chi connectivity index (χ0n) is 16.4. The molecule has 28 heavy (non-hydrogen) atoms. The van der Waals surface area contributed by atoms with E-state index in [0.29, 0.717) is 19.3 Å². The lowest BCUT2D eigenvalue weighted by atomic mass is 10.1. The molecule has 7 nitrogen and oxygen atoms in total. The van der Waals surface area contributed by atoms with Gasteiger partial charge in [-0.05, 0) is 62.6 Å². The van der Waals surface area contributed by atoms with Gasteiger partial charge in [0.15, 0.2) is 0 Å². The first-order chi connectivity index (χ1) is 13.6.